The number of piperazine rings is 1. The number of β-amino-alcohol motifs (C(OH)–C–C–N with tert-alkyl or cyclic N) is 1. The number of pyridine rings is 2. The Kier molecular flexibility index (Phi) is 12.7. The monoisotopic (exact) mass is 685 g/mol. The fourth-order valence-electron chi connectivity index (χ4n) is 6.11. The first-order valence-electron chi connectivity index (χ1n) is 17.9. The lowest BCUT2D eigenvalue weighted by molar-refractivity contribution is 0.127. The number of hydrogen-bond acceptors (Lipinski definition) is 12. The van der Waals surface area contributed by atoms with E-state index in [2.05, 4.69) is 41.8 Å². The van der Waals surface area contributed by atoms with Gasteiger partial charge in [-0.05, 0) is 61.4 Å². The first-order valence-corrected chi connectivity index (χ1v) is 17.9. The van der Waals surface area contributed by atoms with Crippen molar-refractivity contribution in [2.75, 3.05) is 63.3 Å². The van der Waals surface area contributed by atoms with Crippen LogP contribution in [0.15, 0.2) is 97.6 Å². The van der Waals surface area contributed by atoms with Crippen molar-refractivity contribution >= 4 is 33.4 Å². The fourth-order valence-corrected chi connectivity index (χ4v) is 6.11. The van der Waals surface area contributed by atoms with Gasteiger partial charge in [-0.2, -0.15) is 0 Å². The van der Waals surface area contributed by atoms with Crippen LogP contribution >= 0.6 is 0 Å². The van der Waals surface area contributed by atoms with E-state index in [0.717, 1.165) is 96.2 Å². The molecule has 4 aromatic heterocycles. The topological polar surface area (TPSA) is 131 Å². The van der Waals surface area contributed by atoms with Crippen LogP contribution in [0.25, 0.3) is 44.6 Å². The molecule has 0 bridgehead atoms. The Morgan fingerprint density at radius 3 is 1.47 bits per heavy atom. The molecule has 0 radical (unpaired) electrons. The quantitative estimate of drug-likeness (QED) is 0.170. The molecule has 6 aromatic rings. The highest BCUT2D eigenvalue weighted by Gasteiger charge is 2.19. The van der Waals surface area contributed by atoms with Gasteiger partial charge in [0.15, 0.2) is 23.3 Å². The van der Waals surface area contributed by atoms with Crippen LogP contribution in [0.3, 0.4) is 0 Å². The molecule has 264 valence electrons. The molecule has 51 heavy (non-hydrogen) atoms. The normalized spacial score (nSPS) is 15.4. The maximum absolute atomic E-state index is 9.08. The fraction of sp³-hybridized carbons (Fsp3) is 0.333. The van der Waals surface area contributed by atoms with Gasteiger partial charge in [-0.25, -0.2) is 30.0 Å². The highest BCUT2D eigenvalue weighted by molar-refractivity contribution is 5.91. The van der Waals surface area contributed by atoms with Crippen LogP contribution in [0.5, 0.6) is 0 Å². The van der Waals surface area contributed by atoms with Gasteiger partial charge in [0.2, 0.25) is 0 Å². The maximum atomic E-state index is 9.08. The second-order valence-electron chi connectivity index (χ2n) is 12.1. The standard InChI is InChI=1S/C19H22N6O.C18H19N5.C2H6/c26-14-13-24-9-11-25(12-10-24)23-19-16-3-1-2-4-17(16)21-18(22-19)15-5-7-20-8-6-15;1-4-12-23(13-5-1)22-18-15-6-2-3-7-16(15)20-17(21-18)14-8-10-19-11-9-14;1-2/h1-8,26H,9-14H2,(H,21,22,23);2-3,6-11H,1,4-5,12-13H2,(H,20,21,22);1-2H3. The maximum Gasteiger partial charge on any atom is 0.162 e. The molecule has 0 spiro atoms. The summed E-state index contributed by atoms with van der Waals surface area (Å²) in [7, 11) is 0. The van der Waals surface area contributed by atoms with Crippen LogP contribution in [-0.2, 0) is 0 Å². The SMILES string of the molecule is CC.OCCN1CCN(Nc2nc(-c3ccncc3)nc3ccccc23)CC1.c1ccc2c(NN3CCCCC3)nc(-c3ccncc3)nc2c1. The lowest BCUT2D eigenvalue weighted by atomic mass is 10.1. The number of hydrazine groups is 2. The number of para-hydroxylation sites is 2. The minimum atomic E-state index is 0.208. The molecule has 0 amide bonds. The number of anilines is 2. The number of aromatic nitrogens is 6. The first-order chi connectivity index (χ1) is 25.2. The van der Waals surface area contributed by atoms with E-state index in [1.165, 1.54) is 19.3 Å². The minimum absolute atomic E-state index is 0.208. The van der Waals surface area contributed by atoms with Crippen molar-refractivity contribution in [3.05, 3.63) is 97.6 Å². The molecular formula is C39H47N11O. The molecule has 6 heterocycles. The van der Waals surface area contributed by atoms with E-state index in [4.69, 9.17) is 25.0 Å². The lowest BCUT2D eigenvalue weighted by Crippen LogP contribution is -2.49. The largest absolute Gasteiger partial charge is 0.395 e. The molecule has 2 fully saturated rings. The van der Waals surface area contributed by atoms with Gasteiger partial charge in [-0.1, -0.05) is 44.5 Å². The molecule has 0 atom stereocenters. The number of aliphatic hydroxyl groups is 1. The van der Waals surface area contributed by atoms with E-state index in [-0.39, 0.29) is 6.61 Å². The Bertz CT molecular complexity index is 1950. The third-order valence-corrected chi connectivity index (χ3v) is 8.76. The summed E-state index contributed by atoms with van der Waals surface area (Å²) in [6.07, 6.45) is 10.8. The van der Waals surface area contributed by atoms with Crippen LogP contribution in [0, 0.1) is 0 Å². The Morgan fingerprint density at radius 1 is 0.549 bits per heavy atom. The second kappa shape index (κ2) is 18.2. The summed E-state index contributed by atoms with van der Waals surface area (Å²) in [6.45, 7) is 10.7. The molecule has 3 N–H and O–H groups in total. The van der Waals surface area contributed by atoms with E-state index in [1.54, 1.807) is 24.8 Å². The van der Waals surface area contributed by atoms with Gasteiger partial charge in [-0.3, -0.25) is 14.9 Å². The summed E-state index contributed by atoms with van der Waals surface area (Å²) < 4.78 is 0. The van der Waals surface area contributed by atoms with Gasteiger partial charge in [-0.15, -0.1) is 0 Å². The van der Waals surface area contributed by atoms with Gasteiger partial charge in [0.25, 0.3) is 0 Å². The van der Waals surface area contributed by atoms with Gasteiger partial charge in [0.1, 0.15) is 0 Å². The van der Waals surface area contributed by atoms with Gasteiger partial charge < -0.3 is 16.0 Å². The number of nitrogens with zero attached hydrogens (tertiary/aromatic N) is 9. The van der Waals surface area contributed by atoms with Crippen molar-refractivity contribution in [1.82, 2.24) is 44.8 Å². The van der Waals surface area contributed by atoms with Gasteiger partial charge in [0.05, 0.1) is 17.6 Å². The van der Waals surface area contributed by atoms with Crippen molar-refractivity contribution in [3.63, 3.8) is 0 Å². The number of nitrogens with one attached hydrogen (secondary N) is 2. The predicted octanol–water partition coefficient (Wildman–Crippen LogP) is 6.16. The number of rotatable bonds is 8. The third-order valence-electron chi connectivity index (χ3n) is 8.76. The van der Waals surface area contributed by atoms with Crippen molar-refractivity contribution in [3.8, 4) is 22.8 Å². The summed E-state index contributed by atoms with van der Waals surface area (Å²) >= 11 is 0. The molecule has 8 rings (SSSR count). The van der Waals surface area contributed by atoms with E-state index < -0.39 is 0 Å². The Balaban J connectivity index is 0.000000169. The molecule has 12 heteroatoms. The van der Waals surface area contributed by atoms with Gasteiger partial charge in [0, 0.05) is 92.5 Å². The summed E-state index contributed by atoms with van der Waals surface area (Å²) in [5, 5.41) is 15.6. The molecule has 0 unspecified atom stereocenters. The predicted molar refractivity (Wildman–Crippen MR) is 205 cm³/mol. The van der Waals surface area contributed by atoms with Crippen molar-refractivity contribution in [2.24, 2.45) is 0 Å². The Labute approximate surface area is 299 Å². The average molecular weight is 686 g/mol. The Hall–Kier alpha value is -5.14. The van der Waals surface area contributed by atoms with Crippen LogP contribution < -0.4 is 10.9 Å². The van der Waals surface area contributed by atoms with Crippen LogP contribution in [0.1, 0.15) is 33.1 Å². The number of fused-ring (bicyclic) bond motifs is 2. The number of benzene rings is 2. The number of piperidine rings is 1. The van der Waals surface area contributed by atoms with Crippen molar-refractivity contribution < 1.29 is 5.11 Å². The summed E-state index contributed by atoms with van der Waals surface area (Å²) in [6, 6.07) is 23.9. The molecule has 2 aliphatic heterocycles. The van der Waals surface area contributed by atoms with Crippen LogP contribution in [0.4, 0.5) is 11.6 Å². The van der Waals surface area contributed by atoms with E-state index in [9.17, 15) is 0 Å². The number of aliphatic hydroxyl groups excluding tert-OH is 1. The average Bonchev–Trinajstić information content (AvgIpc) is 3.21. The summed E-state index contributed by atoms with van der Waals surface area (Å²) in [4.78, 5) is 29.4. The zero-order valence-electron chi connectivity index (χ0n) is 29.5. The summed E-state index contributed by atoms with van der Waals surface area (Å²) in [5.41, 5.74) is 10.8. The highest BCUT2D eigenvalue weighted by Crippen LogP contribution is 2.27. The molecule has 2 aliphatic rings. The molecule has 0 aliphatic carbocycles. The molecule has 12 nitrogen and oxygen atoms in total. The first kappa shape index (κ1) is 35.7. The molecule has 2 aromatic carbocycles. The molecule has 2 saturated heterocycles. The second-order valence-corrected chi connectivity index (χ2v) is 12.1. The smallest absolute Gasteiger partial charge is 0.162 e. The molecular weight excluding hydrogens is 639 g/mol. The van der Waals surface area contributed by atoms with Gasteiger partial charge >= 0.3 is 0 Å². The highest BCUT2D eigenvalue weighted by atomic mass is 16.3. The minimum Gasteiger partial charge on any atom is -0.395 e. The molecule has 0 saturated carbocycles. The zero-order chi connectivity index (χ0) is 35.3. The number of hydrogen-bond donors (Lipinski definition) is 3. The van der Waals surface area contributed by atoms with E-state index in [1.807, 2.05) is 80.6 Å². The lowest BCUT2D eigenvalue weighted by Gasteiger charge is -2.34. The van der Waals surface area contributed by atoms with Crippen molar-refractivity contribution in [2.45, 2.75) is 33.1 Å². The summed E-state index contributed by atoms with van der Waals surface area (Å²) in [5.74, 6) is 3.11. The third kappa shape index (κ3) is 9.35. The van der Waals surface area contributed by atoms with Crippen LogP contribution in [0.2, 0.25) is 0 Å². The van der Waals surface area contributed by atoms with Crippen LogP contribution in [-0.4, -0.2) is 102 Å². The van der Waals surface area contributed by atoms with Crippen molar-refractivity contribution in [1.29, 1.82) is 0 Å². The Morgan fingerprint density at radius 2 is 1.00 bits per heavy atom. The van der Waals surface area contributed by atoms with E-state index in [0.29, 0.717) is 5.82 Å². The zero-order valence-corrected chi connectivity index (χ0v) is 29.5. The van der Waals surface area contributed by atoms with E-state index >= 15 is 0 Å².